The van der Waals surface area contributed by atoms with Crippen LogP contribution < -0.4 is 0 Å². The molecule has 5 rings (SSSR count). The molecule has 1 aromatic carbocycles. The van der Waals surface area contributed by atoms with E-state index in [1.807, 2.05) is 24.4 Å². The topological polar surface area (TPSA) is 69.6 Å². The molecule has 1 aliphatic carbocycles. The van der Waals surface area contributed by atoms with Gasteiger partial charge >= 0.3 is 0 Å². The number of β-amino-alcohol motifs (C(OH)–C–C–N with tert-alkyl or cyclic N) is 1. The summed E-state index contributed by atoms with van der Waals surface area (Å²) in [7, 11) is 0. The van der Waals surface area contributed by atoms with Crippen molar-refractivity contribution in [1.82, 2.24) is 19.8 Å². The van der Waals surface area contributed by atoms with Crippen molar-refractivity contribution in [3.8, 4) is 11.4 Å². The number of carbonyl (C=O) groups excluding carboxylic acids is 1. The van der Waals surface area contributed by atoms with Crippen molar-refractivity contribution >= 4 is 5.91 Å². The van der Waals surface area contributed by atoms with Crippen LogP contribution in [0.3, 0.4) is 0 Å². The molecule has 0 bridgehead atoms. The second-order valence-electron chi connectivity index (χ2n) is 9.42. The van der Waals surface area contributed by atoms with Crippen molar-refractivity contribution in [2.24, 2.45) is 5.92 Å². The molecule has 0 radical (unpaired) electrons. The Kier molecular flexibility index (Phi) is 5.76. The van der Waals surface area contributed by atoms with Crippen LogP contribution in [0.4, 0.5) is 0 Å². The molecule has 2 aliphatic heterocycles. The highest BCUT2D eigenvalue weighted by molar-refractivity contribution is 5.79. The number of carbonyl (C=O) groups is 1. The zero-order chi connectivity index (χ0) is 21.3. The standard InChI is InChI=1S/C25H32N4O2/c30-16-15-28-13-8-20(9-14-28)24(31)29-12-4-10-25(18-29)11-7-21-17-26-23(27-22(21)25)19-5-2-1-3-6-19/h1-3,5-6,17,20,30H,4,7-16,18H2. The van der Waals surface area contributed by atoms with E-state index >= 15 is 0 Å². The first-order chi connectivity index (χ1) is 15.2. The van der Waals surface area contributed by atoms with E-state index in [0.717, 1.165) is 76.1 Å². The van der Waals surface area contributed by atoms with Crippen LogP contribution in [0.5, 0.6) is 0 Å². The number of fused-ring (bicyclic) bond motifs is 2. The highest BCUT2D eigenvalue weighted by Crippen LogP contribution is 2.44. The molecule has 6 heteroatoms. The normalized spacial score (nSPS) is 24.5. The lowest BCUT2D eigenvalue weighted by Crippen LogP contribution is -2.51. The summed E-state index contributed by atoms with van der Waals surface area (Å²) >= 11 is 0. The Hall–Kier alpha value is -2.31. The monoisotopic (exact) mass is 420 g/mol. The predicted molar refractivity (Wildman–Crippen MR) is 120 cm³/mol. The highest BCUT2D eigenvalue weighted by atomic mass is 16.3. The number of hydrogen-bond donors (Lipinski definition) is 1. The van der Waals surface area contributed by atoms with Gasteiger partial charge in [-0.3, -0.25) is 4.79 Å². The molecule has 164 valence electrons. The first kappa shape index (κ1) is 20.6. The summed E-state index contributed by atoms with van der Waals surface area (Å²) in [5, 5.41) is 9.16. The van der Waals surface area contributed by atoms with Crippen molar-refractivity contribution in [2.75, 3.05) is 39.3 Å². The van der Waals surface area contributed by atoms with Gasteiger partial charge in [0.1, 0.15) is 0 Å². The van der Waals surface area contributed by atoms with Crippen molar-refractivity contribution < 1.29 is 9.90 Å². The highest BCUT2D eigenvalue weighted by Gasteiger charge is 2.45. The Labute approximate surface area is 184 Å². The number of amides is 1. The van der Waals surface area contributed by atoms with Crippen LogP contribution in [0, 0.1) is 5.92 Å². The summed E-state index contributed by atoms with van der Waals surface area (Å²) in [5.74, 6) is 1.24. The van der Waals surface area contributed by atoms with E-state index in [1.54, 1.807) is 0 Å². The average molecular weight is 421 g/mol. The minimum Gasteiger partial charge on any atom is -0.395 e. The number of aromatic nitrogens is 2. The third-order valence-electron chi connectivity index (χ3n) is 7.51. The molecule has 6 nitrogen and oxygen atoms in total. The SMILES string of the molecule is O=C(C1CCN(CCO)CC1)N1CCCC2(CCc3cnc(-c4ccccc4)nc32)C1. The zero-order valence-electron chi connectivity index (χ0n) is 18.2. The fraction of sp³-hybridized carbons (Fsp3) is 0.560. The van der Waals surface area contributed by atoms with Crippen molar-refractivity contribution in [1.29, 1.82) is 0 Å². The van der Waals surface area contributed by atoms with E-state index in [-0.39, 0.29) is 17.9 Å². The first-order valence-electron chi connectivity index (χ1n) is 11.7. The van der Waals surface area contributed by atoms with Gasteiger partial charge in [-0.2, -0.15) is 0 Å². The molecule has 1 N–H and O–H groups in total. The molecule has 3 heterocycles. The minimum atomic E-state index is -0.0205. The lowest BCUT2D eigenvalue weighted by molar-refractivity contribution is -0.139. The van der Waals surface area contributed by atoms with Crippen molar-refractivity contribution in [3.05, 3.63) is 47.8 Å². The van der Waals surface area contributed by atoms with Gasteiger partial charge in [-0.25, -0.2) is 9.97 Å². The number of piperidine rings is 2. The van der Waals surface area contributed by atoms with E-state index in [9.17, 15) is 4.79 Å². The molecule has 2 fully saturated rings. The summed E-state index contributed by atoms with van der Waals surface area (Å²) in [6.45, 7) is 4.39. The summed E-state index contributed by atoms with van der Waals surface area (Å²) in [4.78, 5) is 27.5. The maximum absolute atomic E-state index is 13.4. The number of nitrogens with zero attached hydrogens (tertiary/aromatic N) is 4. The molecule has 0 saturated carbocycles. The van der Waals surface area contributed by atoms with Crippen LogP contribution in [0.25, 0.3) is 11.4 Å². The molecule has 1 amide bonds. The fourth-order valence-corrected chi connectivity index (χ4v) is 5.79. The molecule has 1 unspecified atom stereocenters. The van der Waals surface area contributed by atoms with Gasteiger partial charge in [0.2, 0.25) is 5.91 Å². The summed E-state index contributed by atoms with van der Waals surface area (Å²) in [5.41, 5.74) is 3.46. The molecular formula is C25H32N4O2. The van der Waals surface area contributed by atoms with E-state index in [2.05, 4.69) is 26.9 Å². The number of likely N-dealkylation sites (tertiary alicyclic amines) is 2. The molecule has 2 aromatic rings. The number of hydrogen-bond acceptors (Lipinski definition) is 5. The van der Waals surface area contributed by atoms with E-state index in [1.165, 1.54) is 11.3 Å². The van der Waals surface area contributed by atoms with Crippen LogP contribution in [0.15, 0.2) is 36.5 Å². The number of aliphatic hydroxyl groups is 1. The Morgan fingerprint density at radius 1 is 1.13 bits per heavy atom. The molecular weight excluding hydrogens is 388 g/mol. The summed E-state index contributed by atoms with van der Waals surface area (Å²) < 4.78 is 0. The first-order valence-corrected chi connectivity index (χ1v) is 11.7. The maximum atomic E-state index is 13.4. The van der Waals surface area contributed by atoms with Gasteiger partial charge in [0.15, 0.2) is 5.82 Å². The zero-order valence-corrected chi connectivity index (χ0v) is 18.2. The average Bonchev–Trinajstić information content (AvgIpc) is 3.17. The Bertz CT molecular complexity index is 922. The number of rotatable bonds is 4. The maximum Gasteiger partial charge on any atom is 0.225 e. The molecule has 31 heavy (non-hydrogen) atoms. The van der Waals surface area contributed by atoms with Crippen LogP contribution in [-0.2, 0) is 16.6 Å². The minimum absolute atomic E-state index is 0.0205. The third-order valence-corrected chi connectivity index (χ3v) is 7.51. The van der Waals surface area contributed by atoms with Crippen LogP contribution in [0.1, 0.15) is 43.4 Å². The fourth-order valence-electron chi connectivity index (χ4n) is 5.79. The molecule has 2 saturated heterocycles. The largest absolute Gasteiger partial charge is 0.395 e. The van der Waals surface area contributed by atoms with Crippen molar-refractivity contribution in [2.45, 2.75) is 43.9 Å². The Balaban J connectivity index is 1.34. The molecule has 1 spiro atoms. The number of aliphatic hydroxyl groups excluding tert-OH is 1. The van der Waals surface area contributed by atoms with Crippen LogP contribution >= 0.6 is 0 Å². The van der Waals surface area contributed by atoms with Gasteiger partial charge in [0.05, 0.1) is 12.3 Å². The van der Waals surface area contributed by atoms with Gasteiger partial charge in [-0.1, -0.05) is 30.3 Å². The Morgan fingerprint density at radius 3 is 2.71 bits per heavy atom. The molecule has 1 atom stereocenters. The lowest BCUT2D eigenvalue weighted by atomic mass is 9.77. The summed E-state index contributed by atoms with van der Waals surface area (Å²) in [6, 6.07) is 10.2. The number of aryl methyl sites for hydroxylation is 1. The van der Waals surface area contributed by atoms with Gasteiger partial charge in [-0.15, -0.1) is 0 Å². The van der Waals surface area contributed by atoms with Gasteiger partial charge in [-0.05, 0) is 57.2 Å². The van der Waals surface area contributed by atoms with E-state index in [0.29, 0.717) is 12.5 Å². The summed E-state index contributed by atoms with van der Waals surface area (Å²) in [6.07, 6.45) is 8.03. The van der Waals surface area contributed by atoms with Gasteiger partial charge in [0, 0.05) is 42.7 Å². The molecule has 3 aliphatic rings. The predicted octanol–water partition coefficient (Wildman–Crippen LogP) is 2.65. The van der Waals surface area contributed by atoms with Gasteiger partial charge in [0.25, 0.3) is 0 Å². The van der Waals surface area contributed by atoms with Crippen molar-refractivity contribution in [3.63, 3.8) is 0 Å². The molecule has 1 aromatic heterocycles. The third kappa shape index (κ3) is 3.99. The quantitative estimate of drug-likeness (QED) is 0.824. The smallest absolute Gasteiger partial charge is 0.225 e. The van der Waals surface area contributed by atoms with E-state index in [4.69, 9.17) is 10.1 Å². The van der Waals surface area contributed by atoms with Crippen LogP contribution in [0.2, 0.25) is 0 Å². The second kappa shape index (κ2) is 8.67. The second-order valence-corrected chi connectivity index (χ2v) is 9.42. The Morgan fingerprint density at radius 2 is 1.94 bits per heavy atom. The van der Waals surface area contributed by atoms with Crippen LogP contribution in [-0.4, -0.2) is 70.1 Å². The van der Waals surface area contributed by atoms with E-state index < -0.39 is 0 Å². The lowest BCUT2D eigenvalue weighted by Gasteiger charge is -2.42. The number of benzene rings is 1. The van der Waals surface area contributed by atoms with Gasteiger partial charge < -0.3 is 14.9 Å².